The summed E-state index contributed by atoms with van der Waals surface area (Å²) in [6, 6.07) is 4.50. The third kappa shape index (κ3) is 2.11. The highest BCUT2D eigenvalue weighted by atomic mass is 16.3. The van der Waals surface area contributed by atoms with Gasteiger partial charge in [0.25, 0.3) is 0 Å². The third-order valence-corrected chi connectivity index (χ3v) is 1.96. The molecule has 72 valence electrons. The minimum absolute atomic E-state index is 0.0759. The Morgan fingerprint density at radius 3 is 2.77 bits per heavy atom. The van der Waals surface area contributed by atoms with Crippen LogP contribution in [0.15, 0.2) is 18.2 Å². The first kappa shape index (κ1) is 9.83. The van der Waals surface area contributed by atoms with Crippen LogP contribution in [0.25, 0.3) is 0 Å². The highest BCUT2D eigenvalue weighted by Crippen LogP contribution is 2.25. The van der Waals surface area contributed by atoms with Crippen molar-refractivity contribution in [3.05, 3.63) is 23.8 Å². The summed E-state index contributed by atoms with van der Waals surface area (Å²) < 4.78 is 0. The van der Waals surface area contributed by atoms with Gasteiger partial charge in [-0.05, 0) is 25.2 Å². The standard InChI is InChI=1S/C9H14N2O2/c1-11-8(5-12)7-4-6(10)2-3-9(7)13/h2-4,8,11-13H,5,10H2,1H3. The van der Waals surface area contributed by atoms with Crippen molar-refractivity contribution in [2.75, 3.05) is 19.4 Å². The molecule has 0 saturated heterocycles. The fraction of sp³-hybridized carbons (Fsp3) is 0.333. The second-order valence-corrected chi connectivity index (χ2v) is 2.84. The average Bonchev–Trinajstić information content (AvgIpc) is 2.13. The molecule has 0 aromatic heterocycles. The Labute approximate surface area is 77.0 Å². The topological polar surface area (TPSA) is 78.5 Å². The first-order valence-corrected chi connectivity index (χ1v) is 4.05. The van der Waals surface area contributed by atoms with Crippen molar-refractivity contribution in [1.82, 2.24) is 5.32 Å². The third-order valence-electron chi connectivity index (χ3n) is 1.96. The quantitative estimate of drug-likeness (QED) is 0.398. The molecular formula is C9H14N2O2. The first-order valence-electron chi connectivity index (χ1n) is 4.05. The number of hydrogen-bond donors (Lipinski definition) is 4. The first-order chi connectivity index (χ1) is 6.19. The fourth-order valence-electron chi connectivity index (χ4n) is 1.20. The number of aliphatic hydroxyl groups is 1. The summed E-state index contributed by atoms with van der Waals surface area (Å²) in [6.07, 6.45) is 0. The number of phenols is 1. The van der Waals surface area contributed by atoms with Crippen LogP contribution in [0.3, 0.4) is 0 Å². The van der Waals surface area contributed by atoms with E-state index >= 15 is 0 Å². The number of anilines is 1. The van der Waals surface area contributed by atoms with E-state index in [9.17, 15) is 5.11 Å². The van der Waals surface area contributed by atoms with Gasteiger partial charge in [-0.15, -0.1) is 0 Å². The monoisotopic (exact) mass is 182 g/mol. The molecule has 5 N–H and O–H groups in total. The van der Waals surface area contributed by atoms with E-state index in [1.807, 2.05) is 0 Å². The van der Waals surface area contributed by atoms with E-state index in [1.165, 1.54) is 6.07 Å². The molecule has 0 radical (unpaired) electrons. The maximum Gasteiger partial charge on any atom is 0.120 e. The zero-order chi connectivity index (χ0) is 9.84. The van der Waals surface area contributed by atoms with Gasteiger partial charge in [0.1, 0.15) is 5.75 Å². The number of nitrogens with one attached hydrogen (secondary N) is 1. The molecule has 4 heteroatoms. The smallest absolute Gasteiger partial charge is 0.120 e. The zero-order valence-electron chi connectivity index (χ0n) is 7.49. The molecule has 0 spiro atoms. The predicted octanol–water partition coefficient (Wildman–Crippen LogP) is 0.227. The summed E-state index contributed by atoms with van der Waals surface area (Å²) in [4.78, 5) is 0. The maximum absolute atomic E-state index is 9.46. The van der Waals surface area contributed by atoms with E-state index in [0.717, 1.165) is 0 Å². The van der Waals surface area contributed by atoms with Crippen molar-refractivity contribution in [3.8, 4) is 5.75 Å². The van der Waals surface area contributed by atoms with E-state index in [0.29, 0.717) is 11.3 Å². The van der Waals surface area contributed by atoms with Crippen molar-refractivity contribution in [2.24, 2.45) is 0 Å². The molecule has 0 aliphatic rings. The number of nitrogen functional groups attached to an aromatic ring is 1. The van der Waals surface area contributed by atoms with Crippen molar-refractivity contribution >= 4 is 5.69 Å². The predicted molar refractivity (Wildman–Crippen MR) is 51.4 cm³/mol. The van der Waals surface area contributed by atoms with Crippen LogP contribution < -0.4 is 11.1 Å². The van der Waals surface area contributed by atoms with Gasteiger partial charge in [0, 0.05) is 11.3 Å². The summed E-state index contributed by atoms with van der Waals surface area (Å²) >= 11 is 0. The molecular weight excluding hydrogens is 168 g/mol. The Balaban J connectivity index is 3.03. The molecule has 1 unspecified atom stereocenters. The highest BCUT2D eigenvalue weighted by Gasteiger charge is 2.11. The van der Waals surface area contributed by atoms with Gasteiger partial charge in [0.05, 0.1) is 12.6 Å². The molecule has 0 fully saturated rings. The molecule has 1 aromatic carbocycles. The van der Waals surface area contributed by atoms with Gasteiger partial charge in [-0.25, -0.2) is 0 Å². The fourth-order valence-corrected chi connectivity index (χ4v) is 1.20. The van der Waals surface area contributed by atoms with E-state index in [1.54, 1.807) is 19.2 Å². The second-order valence-electron chi connectivity index (χ2n) is 2.84. The van der Waals surface area contributed by atoms with Crippen molar-refractivity contribution in [1.29, 1.82) is 0 Å². The molecule has 0 aliphatic heterocycles. The summed E-state index contributed by atoms with van der Waals surface area (Å²) in [5.41, 5.74) is 6.74. The number of aromatic hydroxyl groups is 1. The number of benzene rings is 1. The Bertz CT molecular complexity index is 285. The molecule has 1 atom stereocenters. The van der Waals surface area contributed by atoms with Gasteiger partial charge in [-0.2, -0.15) is 0 Å². The largest absolute Gasteiger partial charge is 0.508 e. The van der Waals surface area contributed by atoms with Crippen LogP contribution >= 0.6 is 0 Å². The summed E-state index contributed by atoms with van der Waals surface area (Å²) in [7, 11) is 1.71. The van der Waals surface area contributed by atoms with Gasteiger partial charge in [0.15, 0.2) is 0 Å². The molecule has 4 nitrogen and oxygen atoms in total. The number of phenolic OH excluding ortho intramolecular Hbond substituents is 1. The van der Waals surface area contributed by atoms with Crippen LogP contribution in [0.4, 0.5) is 5.69 Å². The van der Waals surface area contributed by atoms with Gasteiger partial charge >= 0.3 is 0 Å². The normalized spacial score (nSPS) is 12.8. The maximum atomic E-state index is 9.46. The minimum Gasteiger partial charge on any atom is -0.508 e. The van der Waals surface area contributed by atoms with Crippen LogP contribution in [0.1, 0.15) is 11.6 Å². The van der Waals surface area contributed by atoms with E-state index in [-0.39, 0.29) is 18.4 Å². The number of aliphatic hydroxyl groups excluding tert-OH is 1. The summed E-state index contributed by atoms with van der Waals surface area (Å²) in [5, 5.41) is 21.3. The molecule has 0 saturated carbocycles. The van der Waals surface area contributed by atoms with Gasteiger partial charge < -0.3 is 21.3 Å². The highest BCUT2D eigenvalue weighted by molar-refractivity contribution is 5.48. The average molecular weight is 182 g/mol. The minimum atomic E-state index is -0.275. The molecule has 1 rings (SSSR count). The van der Waals surface area contributed by atoms with Crippen molar-refractivity contribution in [2.45, 2.75) is 6.04 Å². The van der Waals surface area contributed by atoms with E-state index in [4.69, 9.17) is 10.8 Å². The number of rotatable bonds is 3. The van der Waals surface area contributed by atoms with Crippen molar-refractivity contribution in [3.63, 3.8) is 0 Å². The molecule has 0 aliphatic carbocycles. The molecule has 0 amide bonds. The molecule has 13 heavy (non-hydrogen) atoms. The summed E-state index contributed by atoms with van der Waals surface area (Å²) in [5.74, 6) is 0.141. The zero-order valence-corrected chi connectivity index (χ0v) is 7.49. The Hall–Kier alpha value is -1.26. The molecule has 0 bridgehead atoms. The lowest BCUT2D eigenvalue weighted by Gasteiger charge is -2.15. The van der Waals surface area contributed by atoms with Gasteiger partial charge in [0.2, 0.25) is 0 Å². The van der Waals surface area contributed by atoms with Crippen LogP contribution in [0.5, 0.6) is 5.75 Å². The Kier molecular flexibility index (Phi) is 3.11. The lowest BCUT2D eigenvalue weighted by Crippen LogP contribution is -2.20. The van der Waals surface area contributed by atoms with Crippen LogP contribution in [0.2, 0.25) is 0 Å². The number of likely N-dealkylation sites (N-methyl/N-ethyl adjacent to an activating group) is 1. The Morgan fingerprint density at radius 2 is 2.23 bits per heavy atom. The van der Waals surface area contributed by atoms with E-state index in [2.05, 4.69) is 5.32 Å². The van der Waals surface area contributed by atoms with Crippen LogP contribution in [-0.2, 0) is 0 Å². The molecule has 0 heterocycles. The van der Waals surface area contributed by atoms with Crippen LogP contribution in [-0.4, -0.2) is 23.9 Å². The lowest BCUT2D eigenvalue weighted by atomic mass is 10.1. The SMILES string of the molecule is CNC(CO)c1cc(N)ccc1O. The van der Waals surface area contributed by atoms with Gasteiger partial charge in [-0.3, -0.25) is 0 Å². The number of nitrogens with two attached hydrogens (primary N) is 1. The second kappa shape index (κ2) is 4.11. The summed E-state index contributed by atoms with van der Waals surface area (Å²) in [6.45, 7) is -0.0759. The van der Waals surface area contributed by atoms with Gasteiger partial charge in [-0.1, -0.05) is 0 Å². The van der Waals surface area contributed by atoms with Crippen molar-refractivity contribution < 1.29 is 10.2 Å². The lowest BCUT2D eigenvalue weighted by molar-refractivity contribution is 0.248. The number of hydrogen-bond acceptors (Lipinski definition) is 4. The Morgan fingerprint density at radius 1 is 1.54 bits per heavy atom. The van der Waals surface area contributed by atoms with Crippen LogP contribution in [0, 0.1) is 0 Å². The van der Waals surface area contributed by atoms with E-state index < -0.39 is 0 Å². The molecule has 1 aromatic rings.